The van der Waals surface area contributed by atoms with Gasteiger partial charge in [-0.1, -0.05) is 11.6 Å². The maximum absolute atomic E-state index is 5.87. The molecule has 0 aliphatic heterocycles. The van der Waals surface area contributed by atoms with E-state index in [4.69, 9.17) is 23.2 Å². The Hall–Kier alpha value is -0.250. The predicted molar refractivity (Wildman–Crippen MR) is 52.9 cm³/mol. The third kappa shape index (κ3) is 1.13. The molecule has 0 N–H and O–H groups in total. The highest BCUT2D eigenvalue weighted by molar-refractivity contribution is 9.10. The Kier molecular flexibility index (Phi) is 2.02. The van der Waals surface area contributed by atoms with Crippen LogP contribution in [0.2, 0.25) is 10.3 Å². The van der Waals surface area contributed by atoms with Crippen LogP contribution in [0.3, 0.4) is 0 Å². The van der Waals surface area contributed by atoms with E-state index >= 15 is 0 Å². The lowest BCUT2D eigenvalue weighted by atomic mass is 10.5. The van der Waals surface area contributed by atoms with Crippen molar-refractivity contribution in [3.05, 3.63) is 33.2 Å². The fraction of sp³-hybridized carbons (Fsp3) is 0. The molecule has 5 heteroatoms. The fourth-order valence-corrected chi connectivity index (χ4v) is 1.82. The van der Waals surface area contributed by atoms with Gasteiger partial charge in [-0.25, -0.2) is 4.98 Å². The smallest absolute Gasteiger partial charge is 0.207 e. The molecule has 0 bridgehead atoms. The molecule has 0 unspecified atom stereocenters. The van der Waals surface area contributed by atoms with Gasteiger partial charge >= 0.3 is 0 Å². The third-order valence-electron chi connectivity index (χ3n) is 1.55. The summed E-state index contributed by atoms with van der Waals surface area (Å²) in [4.78, 5) is 3.91. The molecule has 2 heterocycles. The Morgan fingerprint density at radius 3 is 2.83 bits per heavy atom. The van der Waals surface area contributed by atoms with Crippen LogP contribution in [0.25, 0.3) is 5.52 Å². The van der Waals surface area contributed by atoms with E-state index in [-0.39, 0.29) is 0 Å². The molecule has 0 aliphatic carbocycles. The second kappa shape index (κ2) is 2.91. The lowest BCUT2D eigenvalue weighted by Crippen LogP contribution is -1.86. The molecule has 0 fully saturated rings. The van der Waals surface area contributed by atoms with Gasteiger partial charge in [0.05, 0.1) is 15.0 Å². The summed E-state index contributed by atoms with van der Waals surface area (Å²) in [7, 11) is 0. The highest BCUT2D eigenvalue weighted by Gasteiger charge is 2.07. The SMILES string of the molecule is Clc1cn2c(Cl)nccc2c1Br. The van der Waals surface area contributed by atoms with Gasteiger partial charge in [-0.3, -0.25) is 4.40 Å². The Morgan fingerprint density at radius 2 is 2.17 bits per heavy atom. The van der Waals surface area contributed by atoms with E-state index < -0.39 is 0 Å². The van der Waals surface area contributed by atoms with Crippen molar-refractivity contribution in [3.8, 4) is 0 Å². The maximum atomic E-state index is 5.87. The van der Waals surface area contributed by atoms with E-state index in [0.29, 0.717) is 10.3 Å². The van der Waals surface area contributed by atoms with Crippen molar-refractivity contribution < 1.29 is 0 Å². The van der Waals surface area contributed by atoms with Crippen LogP contribution in [-0.2, 0) is 0 Å². The van der Waals surface area contributed by atoms with Crippen LogP contribution in [0.1, 0.15) is 0 Å². The summed E-state index contributed by atoms with van der Waals surface area (Å²) in [5.41, 5.74) is 0.917. The third-order valence-corrected chi connectivity index (χ3v) is 3.18. The quantitative estimate of drug-likeness (QED) is 0.668. The van der Waals surface area contributed by atoms with Crippen molar-refractivity contribution in [2.45, 2.75) is 0 Å². The molecule has 0 aromatic carbocycles. The molecule has 62 valence electrons. The monoisotopic (exact) mass is 264 g/mol. The zero-order valence-corrected chi connectivity index (χ0v) is 8.86. The second-order valence-corrected chi connectivity index (χ2v) is 3.80. The zero-order valence-electron chi connectivity index (χ0n) is 5.76. The summed E-state index contributed by atoms with van der Waals surface area (Å²) in [6.07, 6.45) is 3.36. The van der Waals surface area contributed by atoms with Gasteiger partial charge in [0.15, 0.2) is 0 Å². The number of hydrogen-bond acceptors (Lipinski definition) is 1. The summed E-state index contributed by atoms with van der Waals surface area (Å²) in [5, 5.41) is 1.03. The second-order valence-electron chi connectivity index (χ2n) is 2.26. The first-order valence-corrected chi connectivity index (χ1v) is 4.71. The molecule has 0 saturated carbocycles. The van der Waals surface area contributed by atoms with Gasteiger partial charge in [-0.2, -0.15) is 0 Å². The van der Waals surface area contributed by atoms with Crippen molar-refractivity contribution in [3.63, 3.8) is 0 Å². The molecule has 2 aromatic rings. The van der Waals surface area contributed by atoms with E-state index in [0.717, 1.165) is 9.99 Å². The zero-order chi connectivity index (χ0) is 8.72. The van der Waals surface area contributed by atoms with Gasteiger partial charge in [-0.15, -0.1) is 0 Å². The molecule has 2 nitrogen and oxygen atoms in total. The Morgan fingerprint density at radius 1 is 1.42 bits per heavy atom. The minimum atomic E-state index is 0.403. The predicted octanol–water partition coefficient (Wildman–Crippen LogP) is 3.40. The largest absolute Gasteiger partial charge is 0.289 e. The molecule has 0 saturated heterocycles. The van der Waals surface area contributed by atoms with Crippen LogP contribution in [0, 0.1) is 0 Å². The molecule has 0 radical (unpaired) electrons. The number of rotatable bonds is 0. The van der Waals surface area contributed by atoms with Crippen LogP contribution in [0.15, 0.2) is 22.9 Å². The lowest BCUT2D eigenvalue weighted by Gasteiger charge is -1.94. The minimum Gasteiger partial charge on any atom is -0.289 e. The first-order valence-electron chi connectivity index (χ1n) is 3.16. The highest BCUT2D eigenvalue weighted by atomic mass is 79.9. The Labute approximate surface area is 87.2 Å². The van der Waals surface area contributed by atoms with Crippen molar-refractivity contribution in [1.82, 2.24) is 9.38 Å². The van der Waals surface area contributed by atoms with Gasteiger partial charge in [0, 0.05) is 12.4 Å². The summed E-state index contributed by atoms with van der Waals surface area (Å²) in [6, 6.07) is 1.84. The molecule has 0 atom stereocenters. The van der Waals surface area contributed by atoms with Gasteiger partial charge < -0.3 is 0 Å². The first-order chi connectivity index (χ1) is 5.70. The molecule has 2 aromatic heterocycles. The molecule has 12 heavy (non-hydrogen) atoms. The number of aromatic nitrogens is 2. The van der Waals surface area contributed by atoms with Gasteiger partial charge in [-0.05, 0) is 33.6 Å². The average molecular weight is 266 g/mol. The van der Waals surface area contributed by atoms with Crippen LogP contribution in [-0.4, -0.2) is 9.38 Å². The van der Waals surface area contributed by atoms with Gasteiger partial charge in [0.25, 0.3) is 0 Å². The number of fused-ring (bicyclic) bond motifs is 1. The van der Waals surface area contributed by atoms with Crippen LogP contribution in [0.4, 0.5) is 0 Å². The Bertz CT molecular complexity index is 438. The van der Waals surface area contributed by atoms with E-state index in [9.17, 15) is 0 Å². The van der Waals surface area contributed by atoms with Crippen molar-refractivity contribution in [2.24, 2.45) is 0 Å². The average Bonchev–Trinajstić information content (AvgIpc) is 2.32. The number of nitrogens with zero attached hydrogens (tertiary/aromatic N) is 2. The van der Waals surface area contributed by atoms with Gasteiger partial charge in [0.2, 0.25) is 5.28 Å². The number of halogens is 3. The molecular weight excluding hydrogens is 263 g/mol. The van der Waals surface area contributed by atoms with Crippen LogP contribution in [0.5, 0.6) is 0 Å². The van der Waals surface area contributed by atoms with Gasteiger partial charge in [0.1, 0.15) is 0 Å². The summed E-state index contributed by atoms with van der Waals surface area (Å²) in [6.45, 7) is 0. The number of hydrogen-bond donors (Lipinski definition) is 0. The fourth-order valence-electron chi connectivity index (χ4n) is 1.01. The molecule has 0 spiro atoms. The summed E-state index contributed by atoms with van der Waals surface area (Å²) < 4.78 is 2.56. The molecule has 0 aliphatic rings. The van der Waals surface area contributed by atoms with Crippen molar-refractivity contribution in [1.29, 1.82) is 0 Å². The normalized spacial score (nSPS) is 10.9. The molecule has 0 amide bonds. The van der Waals surface area contributed by atoms with Crippen molar-refractivity contribution in [2.75, 3.05) is 0 Å². The maximum Gasteiger partial charge on any atom is 0.207 e. The summed E-state index contributed by atoms with van der Waals surface area (Å²) >= 11 is 15.0. The van der Waals surface area contributed by atoms with E-state index in [1.54, 1.807) is 16.8 Å². The van der Waals surface area contributed by atoms with E-state index in [1.165, 1.54) is 0 Å². The molecular formula is C7H3BrCl2N2. The first kappa shape index (κ1) is 8.35. The van der Waals surface area contributed by atoms with Crippen LogP contribution >= 0.6 is 39.1 Å². The standard InChI is InChI=1S/C7H3BrCl2N2/c8-6-4(9)3-12-5(6)1-2-11-7(12)10/h1-3H. The van der Waals surface area contributed by atoms with Crippen molar-refractivity contribution >= 4 is 44.6 Å². The topological polar surface area (TPSA) is 17.3 Å². The minimum absolute atomic E-state index is 0.403. The Balaban J connectivity index is 2.95. The lowest BCUT2D eigenvalue weighted by molar-refractivity contribution is 1.09. The van der Waals surface area contributed by atoms with E-state index in [1.807, 2.05) is 6.07 Å². The summed E-state index contributed by atoms with van der Waals surface area (Å²) in [5.74, 6) is 0. The van der Waals surface area contributed by atoms with E-state index in [2.05, 4.69) is 20.9 Å². The molecule has 2 rings (SSSR count). The highest BCUT2D eigenvalue weighted by Crippen LogP contribution is 2.29. The van der Waals surface area contributed by atoms with Crippen LogP contribution < -0.4 is 0 Å².